The van der Waals surface area contributed by atoms with E-state index in [1.54, 1.807) is 6.20 Å². The van der Waals surface area contributed by atoms with Crippen LogP contribution in [0.5, 0.6) is 0 Å². The number of rotatable bonds is 3. The van der Waals surface area contributed by atoms with Gasteiger partial charge in [0.15, 0.2) is 6.54 Å². The highest BCUT2D eigenvalue weighted by Gasteiger charge is 2.38. The van der Waals surface area contributed by atoms with Crippen molar-refractivity contribution in [1.82, 2.24) is 4.98 Å². The van der Waals surface area contributed by atoms with Crippen molar-refractivity contribution < 1.29 is 14.0 Å². The minimum Gasteiger partial charge on any atom is -0.465 e. The predicted molar refractivity (Wildman–Crippen MR) is 68.8 cm³/mol. The minimum atomic E-state index is -0.131. The number of esters is 1. The summed E-state index contributed by atoms with van der Waals surface area (Å²) in [6, 6.07) is 4.43. The number of nitrogens with zero attached hydrogens (tertiary/aromatic N) is 2. The van der Waals surface area contributed by atoms with Crippen molar-refractivity contribution in [3.63, 3.8) is 0 Å². The SMILES string of the molecule is COC(=O)C[N+]1(C)CCCCC1c1cccnc1. The molecule has 2 atom stereocenters. The molecule has 0 saturated carbocycles. The first kappa shape index (κ1) is 13.0. The maximum absolute atomic E-state index is 11.6. The van der Waals surface area contributed by atoms with Gasteiger partial charge in [-0.05, 0) is 18.9 Å². The van der Waals surface area contributed by atoms with E-state index in [4.69, 9.17) is 4.74 Å². The summed E-state index contributed by atoms with van der Waals surface area (Å²) >= 11 is 0. The fourth-order valence-electron chi connectivity index (χ4n) is 2.93. The molecule has 2 unspecified atom stereocenters. The summed E-state index contributed by atoms with van der Waals surface area (Å²) in [6.45, 7) is 1.46. The second kappa shape index (κ2) is 5.48. The van der Waals surface area contributed by atoms with Crippen molar-refractivity contribution in [3.05, 3.63) is 30.1 Å². The number of aromatic nitrogens is 1. The lowest BCUT2D eigenvalue weighted by atomic mass is 9.94. The van der Waals surface area contributed by atoms with Gasteiger partial charge in [-0.1, -0.05) is 6.07 Å². The lowest BCUT2D eigenvalue weighted by molar-refractivity contribution is -0.937. The van der Waals surface area contributed by atoms with Crippen LogP contribution in [0, 0.1) is 0 Å². The zero-order valence-corrected chi connectivity index (χ0v) is 11.1. The lowest BCUT2D eigenvalue weighted by Gasteiger charge is -2.44. The molecule has 98 valence electrons. The van der Waals surface area contributed by atoms with Crippen LogP contribution in [0.3, 0.4) is 0 Å². The van der Waals surface area contributed by atoms with Crippen LogP contribution in [-0.2, 0) is 9.53 Å². The maximum Gasteiger partial charge on any atom is 0.361 e. The van der Waals surface area contributed by atoms with E-state index in [1.165, 1.54) is 25.5 Å². The van der Waals surface area contributed by atoms with Gasteiger partial charge < -0.3 is 9.22 Å². The molecule has 0 amide bonds. The lowest BCUT2D eigenvalue weighted by Crippen LogP contribution is -2.53. The molecule has 4 heteroatoms. The van der Waals surface area contributed by atoms with Gasteiger partial charge in [0.25, 0.3) is 0 Å². The normalized spacial score (nSPS) is 27.8. The molecule has 2 rings (SSSR count). The molecule has 1 aliphatic rings. The quantitative estimate of drug-likeness (QED) is 0.607. The second-order valence-corrected chi connectivity index (χ2v) is 5.24. The number of carbonyl (C=O) groups is 1. The molecule has 1 aromatic heterocycles. The smallest absolute Gasteiger partial charge is 0.361 e. The van der Waals surface area contributed by atoms with Gasteiger partial charge in [0, 0.05) is 24.4 Å². The van der Waals surface area contributed by atoms with Gasteiger partial charge in [0.05, 0.1) is 20.7 Å². The van der Waals surface area contributed by atoms with Crippen molar-refractivity contribution >= 4 is 5.97 Å². The van der Waals surface area contributed by atoms with Crippen LogP contribution < -0.4 is 0 Å². The van der Waals surface area contributed by atoms with Gasteiger partial charge in [-0.3, -0.25) is 4.98 Å². The standard InChI is InChI=1S/C14H21N2O2/c1-16(11-14(17)18-2)9-4-3-7-13(16)12-6-5-8-15-10-12/h5-6,8,10,13H,3-4,7,9,11H2,1-2H3/q+1. The van der Waals surface area contributed by atoms with E-state index >= 15 is 0 Å². The van der Waals surface area contributed by atoms with Crippen LogP contribution >= 0.6 is 0 Å². The van der Waals surface area contributed by atoms with Gasteiger partial charge in [0.2, 0.25) is 0 Å². The Morgan fingerprint density at radius 1 is 1.56 bits per heavy atom. The Balaban J connectivity index is 2.22. The first-order chi connectivity index (χ1) is 8.65. The third-order valence-electron chi connectivity index (χ3n) is 3.94. The number of hydrogen-bond donors (Lipinski definition) is 0. The number of methoxy groups -OCH3 is 1. The topological polar surface area (TPSA) is 39.2 Å². The molecule has 4 nitrogen and oxygen atoms in total. The number of ether oxygens (including phenoxy) is 1. The Morgan fingerprint density at radius 2 is 2.39 bits per heavy atom. The summed E-state index contributed by atoms with van der Waals surface area (Å²) < 4.78 is 5.57. The van der Waals surface area contributed by atoms with Gasteiger partial charge in [-0.15, -0.1) is 0 Å². The highest BCUT2D eigenvalue weighted by atomic mass is 16.5. The van der Waals surface area contributed by atoms with E-state index in [2.05, 4.69) is 18.1 Å². The van der Waals surface area contributed by atoms with Crippen LogP contribution in [0.25, 0.3) is 0 Å². The van der Waals surface area contributed by atoms with Gasteiger partial charge >= 0.3 is 5.97 Å². The largest absolute Gasteiger partial charge is 0.465 e. The zero-order valence-electron chi connectivity index (χ0n) is 11.1. The van der Waals surface area contributed by atoms with Gasteiger partial charge in [-0.25, -0.2) is 4.79 Å². The molecule has 0 aliphatic carbocycles. The van der Waals surface area contributed by atoms with Crippen LogP contribution in [0.4, 0.5) is 0 Å². The van der Waals surface area contributed by atoms with Crippen molar-refractivity contribution in [1.29, 1.82) is 0 Å². The molecule has 0 radical (unpaired) electrons. The average Bonchev–Trinajstić information content (AvgIpc) is 2.39. The Morgan fingerprint density at radius 3 is 3.06 bits per heavy atom. The monoisotopic (exact) mass is 249 g/mol. The zero-order chi connectivity index (χ0) is 13.0. The summed E-state index contributed by atoms with van der Waals surface area (Å²) in [6.07, 6.45) is 7.21. The third-order valence-corrected chi connectivity index (χ3v) is 3.94. The van der Waals surface area contributed by atoms with E-state index in [-0.39, 0.29) is 5.97 Å². The van der Waals surface area contributed by atoms with Crippen molar-refractivity contribution in [2.45, 2.75) is 25.3 Å². The van der Waals surface area contributed by atoms with Crippen LogP contribution in [0.1, 0.15) is 30.9 Å². The number of pyridine rings is 1. The summed E-state index contributed by atoms with van der Waals surface area (Å²) in [7, 11) is 3.60. The molecular formula is C14H21N2O2+. The van der Waals surface area contributed by atoms with Crippen LogP contribution in [-0.4, -0.2) is 42.7 Å². The Bertz CT molecular complexity index is 408. The highest BCUT2D eigenvalue weighted by Crippen LogP contribution is 2.35. The summed E-state index contributed by atoms with van der Waals surface area (Å²) in [5, 5.41) is 0. The van der Waals surface area contributed by atoms with Crippen LogP contribution in [0.15, 0.2) is 24.5 Å². The fourth-order valence-corrected chi connectivity index (χ4v) is 2.93. The molecule has 0 spiro atoms. The average molecular weight is 249 g/mol. The van der Waals surface area contributed by atoms with E-state index in [0.717, 1.165) is 17.4 Å². The molecule has 0 N–H and O–H groups in total. The van der Waals surface area contributed by atoms with E-state index in [0.29, 0.717) is 12.6 Å². The summed E-state index contributed by atoms with van der Waals surface area (Å²) in [4.78, 5) is 15.8. The highest BCUT2D eigenvalue weighted by molar-refractivity contribution is 5.70. The number of carbonyl (C=O) groups excluding carboxylic acids is 1. The molecular weight excluding hydrogens is 228 g/mol. The van der Waals surface area contributed by atoms with Gasteiger partial charge in [-0.2, -0.15) is 0 Å². The predicted octanol–water partition coefficient (Wildman–Crippen LogP) is 1.93. The maximum atomic E-state index is 11.6. The van der Waals surface area contributed by atoms with E-state index < -0.39 is 0 Å². The summed E-state index contributed by atoms with van der Waals surface area (Å²) in [5.41, 5.74) is 1.23. The first-order valence-electron chi connectivity index (χ1n) is 6.47. The summed E-state index contributed by atoms with van der Waals surface area (Å²) in [5.74, 6) is -0.131. The fraction of sp³-hybridized carbons (Fsp3) is 0.571. The number of likely N-dealkylation sites (N-methyl/N-ethyl adjacent to an activating group) is 1. The van der Waals surface area contributed by atoms with Gasteiger partial charge in [0.1, 0.15) is 6.04 Å². The first-order valence-corrected chi connectivity index (χ1v) is 6.47. The Hall–Kier alpha value is -1.42. The Labute approximate surface area is 108 Å². The minimum absolute atomic E-state index is 0.131. The number of piperidine rings is 1. The van der Waals surface area contributed by atoms with Crippen molar-refractivity contribution in [3.8, 4) is 0 Å². The van der Waals surface area contributed by atoms with Crippen molar-refractivity contribution in [2.75, 3.05) is 27.2 Å². The van der Waals surface area contributed by atoms with E-state index in [1.807, 2.05) is 12.3 Å². The molecule has 0 aromatic carbocycles. The number of hydrogen-bond acceptors (Lipinski definition) is 3. The molecule has 18 heavy (non-hydrogen) atoms. The second-order valence-electron chi connectivity index (χ2n) is 5.24. The Kier molecular flexibility index (Phi) is 3.97. The molecule has 1 fully saturated rings. The molecule has 1 aromatic rings. The third kappa shape index (κ3) is 2.70. The molecule has 2 heterocycles. The number of quaternary nitrogens is 1. The molecule has 0 bridgehead atoms. The van der Waals surface area contributed by atoms with E-state index in [9.17, 15) is 4.79 Å². The van der Waals surface area contributed by atoms with Crippen LogP contribution in [0.2, 0.25) is 0 Å². The molecule has 1 saturated heterocycles. The number of likely N-dealkylation sites (tertiary alicyclic amines) is 1. The van der Waals surface area contributed by atoms with Crippen molar-refractivity contribution in [2.24, 2.45) is 0 Å². The molecule has 1 aliphatic heterocycles.